The van der Waals surface area contributed by atoms with Crippen LogP contribution in [0.5, 0.6) is 0 Å². The predicted octanol–water partition coefficient (Wildman–Crippen LogP) is 0.973. The molecule has 1 N–H and O–H groups in total. The molecule has 0 spiro atoms. The van der Waals surface area contributed by atoms with Crippen LogP contribution in [0.2, 0.25) is 0 Å². The number of esters is 1. The van der Waals surface area contributed by atoms with Gasteiger partial charge in [0.2, 0.25) is 5.91 Å². The van der Waals surface area contributed by atoms with Gasteiger partial charge in [0.25, 0.3) is 0 Å². The number of ether oxygens (including phenoxy) is 1. The zero-order chi connectivity index (χ0) is 14.5. The van der Waals surface area contributed by atoms with E-state index < -0.39 is 0 Å². The minimum absolute atomic E-state index is 0.00808. The van der Waals surface area contributed by atoms with Crippen LogP contribution >= 0.6 is 0 Å². The molecule has 1 aliphatic rings. The summed E-state index contributed by atoms with van der Waals surface area (Å²) in [6.07, 6.45) is 3.60. The number of rotatable bonds is 6. The number of hydrogen-bond acceptors (Lipinski definition) is 5. The molecule has 0 aromatic carbocycles. The van der Waals surface area contributed by atoms with Crippen molar-refractivity contribution in [3.05, 3.63) is 23.9 Å². The van der Waals surface area contributed by atoms with Crippen LogP contribution in [0.25, 0.3) is 0 Å². The van der Waals surface area contributed by atoms with E-state index in [0.717, 1.165) is 12.8 Å². The van der Waals surface area contributed by atoms with E-state index in [9.17, 15) is 9.59 Å². The van der Waals surface area contributed by atoms with Crippen molar-refractivity contribution < 1.29 is 14.3 Å². The van der Waals surface area contributed by atoms with E-state index in [0.29, 0.717) is 24.0 Å². The topological polar surface area (TPSA) is 71.5 Å². The maximum absolute atomic E-state index is 11.7. The molecule has 1 aromatic rings. The summed E-state index contributed by atoms with van der Waals surface area (Å²) < 4.78 is 4.89. The number of amides is 1. The molecule has 1 heterocycles. The van der Waals surface area contributed by atoms with E-state index in [2.05, 4.69) is 10.3 Å². The third kappa shape index (κ3) is 3.94. The summed E-state index contributed by atoms with van der Waals surface area (Å²) in [6, 6.07) is 3.71. The molecule has 0 unspecified atom stereocenters. The van der Waals surface area contributed by atoms with E-state index in [4.69, 9.17) is 4.74 Å². The number of hydrogen-bond donors (Lipinski definition) is 1. The number of carbonyl (C=O) groups excluding carboxylic acids is 2. The highest BCUT2D eigenvalue weighted by Gasteiger charge is 2.23. The van der Waals surface area contributed by atoms with Crippen molar-refractivity contribution in [1.29, 1.82) is 0 Å². The van der Waals surface area contributed by atoms with Crippen molar-refractivity contribution in [3.8, 4) is 0 Å². The number of carbonyl (C=O) groups is 2. The van der Waals surface area contributed by atoms with Crippen molar-refractivity contribution in [2.24, 2.45) is 0 Å². The van der Waals surface area contributed by atoms with Crippen LogP contribution in [0, 0.1) is 0 Å². The Morgan fingerprint density at radius 3 is 2.75 bits per heavy atom. The van der Waals surface area contributed by atoms with E-state index in [1.165, 1.54) is 6.20 Å². The fourth-order valence-corrected chi connectivity index (χ4v) is 1.74. The van der Waals surface area contributed by atoms with Gasteiger partial charge in [0.15, 0.2) is 0 Å². The van der Waals surface area contributed by atoms with Crippen LogP contribution in [0.1, 0.15) is 30.1 Å². The molecule has 6 nitrogen and oxygen atoms in total. The van der Waals surface area contributed by atoms with Crippen LogP contribution < -0.4 is 10.2 Å². The number of pyridine rings is 1. The monoisotopic (exact) mass is 277 g/mol. The fraction of sp³-hybridized carbons (Fsp3) is 0.500. The van der Waals surface area contributed by atoms with Gasteiger partial charge in [-0.3, -0.25) is 4.79 Å². The molecular weight excluding hydrogens is 258 g/mol. The second-order valence-corrected chi connectivity index (χ2v) is 4.82. The maximum Gasteiger partial charge on any atom is 0.339 e. The van der Waals surface area contributed by atoms with Crippen molar-refractivity contribution in [2.45, 2.75) is 25.8 Å². The number of anilines is 1. The van der Waals surface area contributed by atoms with Gasteiger partial charge < -0.3 is 15.0 Å². The summed E-state index contributed by atoms with van der Waals surface area (Å²) in [5.74, 6) is 0.246. The van der Waals surface area contributed by atoms with Gasteiger partial charge in [-0.05, 0) is 31.9 Å². The van der Waals surface area contributed by atoms with E-state index >= 15 is 0 Å². The molecule has 1 fully saturated rings. The summed E-state index contributed by atoms with van der Waals surface area (Å²) in [4.78, 5) is 29.1. The second kappa shape index (κ2) is 6.36. The molecule has 1 amide bonds. The van der Waals surface area contributed by atoms with Gasteiger partial charge in [-0.2, -0.15) is 0 Å². The van der Waals surface area contributed by atoms with E-state index in [-0.39, 0.29) is 18.4 Å². The summed E-state index contributed by atoms with van der Waals surface area (Å²) >= 11 is 0. The van der Waals surface area contributed by atoms with Crippen LogP contribution in [0.3, 0.4) is 0 Å². The summed E-state index contributed by atoms with van der Waals surface area (Å²) in [5.41, 5.74) is 0.409. The lowest BCUT2D eigenvalue weighted by Gasteiger charge is -2.17. The number of aromatic nitrogens is 1. The first-order chi connectivity index (χ1) is 9.60. The molecule has 20 heavy (non-hydrogen) atoms. The zero-order valence-corrected chi connectivity index (χ0v) is 11.8. The SMILES string of the molecule is CCOC(=O)c1ccc(N(C)CC(=O)NC2CC2)nc1. The largest absolute Gasteiger partial charge is 0.462 e. The first-order valence-corrected chi connectivity index (χ1v) is 6.74. The van der Waals surface area contributed by atoms with Gasteiger partial charge in [-0.15, -0.1) is 0 Å². The summed E-state index contributed by atoms with van der Waals surface area (Å²) in [6.45, 7) is 2.34. The van der Waals surface area contributed by atoms with Crippen LogP contribution in [0.15, 0.2) is 18.3 Å². The van der Waals surface area contributed by atoms with Gasteiger partial charge in [0, 0.05) is 19.3 Å². The quantitative estimate of drug-likeness (QED) is 0.785. The number of likely N-dealkylation sites (N-methyl/N-ethyl adjacent to an activating group) is 1. The van der Waals surface area contributed by atoms with Gasteiger partial charge >= 0.3 is 5.97 Å². The van der Waals surface area contributed by atoms with Crippen LogP contribution in [-0.4, -0.2) is 43.1 Å². The molecular formula is C14H19N3O3. The molecule has 1 saturated carbocycles. The zero-order valence-electron chi connectivity index (χ0n) is 11.8. The van der Waals surface area contributed by atoms with Gasteiger partial charge in [-0.25, -0.2) is 9.78 Å². The fourth-order valence-electron chi connectivity index (χ4n) is 1.74. The average molecular weight is 277 g/mol. The van der Waals surface area contributed by atoms with E-state index in [1.54, 1.807) is 31.0 Å². The lowest BCUT2D eigenvalue weighted by Crippen LogP contribution is -2.36. The Morgan fingerprint density at radius 2 is 2.20 bits per heavy atom. The first kappa shape index (κ1) is 14.3. The van der Waals surface area contributed by atoms with Gasteiger partial charge in [0.1, 0.15) is 5.82 Å². The maximum atomic E-state index is 11.7. The normalized spacial score (nSPS) is 13.7. The lowest BCUT2D eigenvalue weighted by atomic mass is 10.3. The van der Waals surface area contributed by atoms with Crippen LogP contribution in [0.4, 0.5) is 5.82 Å². The van der Waals surface area contributed by atoms with Crippen molar-refractivity contribution in [1.82, 2.24) is 10.3 Å². The Balaban J connectivity index is 1.90. The Morgan fingerprint density at radius 1 is 1.45 bits per heavy atom. The first-order valence-electron chi connectivity index (χ1n) is 6.74. The van der Waals surface area contributed by atoms with Crippen molar-refractivity contribution >= 4 is 17.7 Å². The molecule has 2 rings (SSSR count). The van der Waals surface area contributed by atoms with Gasteiger partial charge in [0.05, 0.1) is 18.7 Å². The highest BCUT2D eigenvalue weighted by Crippen LogP contribution is 2.18. The molecule has 0 saturated heterocycles. The molecule has 0 atom stereocenters. The molecule has 108 valence electrons. The van der Waals surface area contributed by atoms with E-state index in [1.807, 2.05) is 0 Å². The third-order valence-corrected chi connectivity index (χ3v) is 2.97. The third-order valence-electron chi connectivity index (χ3n) is 2.97. The summed E-state index contributed by atoms with van der Waals surface area (Å²) in [7, 11) is 1.79. The Hall–Kier alpha value is -2.11. The predicted molar refractivity (Wildman–Crippen MR) is 74.6 cm³/mol. The molecule has 6 heteroatoms. The highest BCUT2D eigenvalue weighted by molar-refractivity contribution is 5.89. The second-order valence-electron chi connectivity index (χ2n) is 4.82. The average Bonchev–Trinajstić information content (AvgIpc) is 3.23. The Kier molecular flexibility index (Phi) is 4.55. The van der Waals surface area contributed by atoms with Crippen LogP contribution in [-0.2, 0) is 9.53 Å². The van der Waals surface area contributed by atoms with Crippen molar-refractivity contribution in [3.63, 3.8) is 0 Å². The minimum Gasteiger partial charge on any atom is -0.462 e. The Labute approximate surface area is 118 Å². The molecule has 0 aliphatic heterocycles. The summed E-state index contributed by atoms with van der Waals surface area (Å²) in [5, 5.41) is 2.92. The van der Waals surface area contributed by atoms with Gasteiger partial charge in [-0.1, -0.05) is 0 Å². The van der Waals surface area contributed by atoms with Crippen molar-refractivity contribution in [2.75, 3.05) is 25.1 Å². The molecule has 1 aromatic heterocycles. The Bertz CT molecular complexity index is 483. The molecule has 0 bridgehead atoms. The standard InChI is InChI=1S/C14H19N3O3/c1-3-20-14(19)10-4-7-12(15-8-10)17(2)9-13(18)16-11-5-6-11/h4,7-8,11H,3,5-6,9H2,1-2H3,(H,16,18). The molecule has 0 radical (unpaired) electrons. The number of nitrogens with zero attached hydrogens (tertiary/aromatic N) is 2. The number of nitrogens with one attached hydrogen (secondary N) is 1. The smallest absolute Gasteiger partial charge is 0.339 e. The molecule has 1 aliphatic carbocycles. The lowest BCUT2D eigenvalue weighted by molar-refractivity contribution is -0.119. The minimum atomic E-state index is -0.388. The highest BCUT2D eigenvalue weighted by atomic mass is 16.5.